The van der Waals surface area contributed by atoms with Crippen molar-refractivity contribution in [1.82, 2.24) is 14.7 Å². The summed E-state index contributed by atoms with van der Waals surface area (Å²) in [6, 6.07) is -0.615. The lowest BCUT2D eigenvalue weighted by molar-refractivity contribution is -0.389. The number of amides is 1. The van der Waals surface area contributed by atoms with Gasteiger partial charge in [-0.25, -0.2) is 0 Å². The Kier molecular flexibility index (Phi) is 4.66. The van der Waals surface area contributed by atoms with Crippen LogP contribution in [0.5, 0.6) is 0 Å². The Balaban J connectivity index is 2.97. The summed E-state index contributed by atoms with van der Waals surface area (Å²) in [4.78, 5) is 23.6. The Morgan fingerprint density at radius 2 is 2.17 bits per heavy atom. The number of rotatable bonds is 5. The molecule has 0 bridgehead atoms. The van der Waals surface area contributed by atoms with E-state index in [2.05, 4.69) is 5.10 Å². The highest BCUT2D eigenvalue weighted by atomic mass is 35.5. The second-order valence-corrected chi connectivity index (χ2v) is 4.13. The van der Waals surface area contributed by atoms with Gasteiger partial charge in [0.15, 0.2) is 5.02 Å². The number of hydrogen-bond donors (Lipinski definition) is 0. The maximum Gasteiger partial charge on any atom is 0.408 e. The lowest BCUT2D eigenvalue weighted by Crippen LogP contribution is -2.36. The van der Waals surface area contributed by atoms with E-state index in [1.54, 1.807) is 11.8 Å². The van der Waals surface area contributed by atoms with Crippen molar-refractivity contribution in [3.8, 4) is 0 Å². The SMILES string of the molecule is CCN(CC)C(=O)C(C)n1cc(Cl)c([N+](=O)[O-])n1. The molecule has 18 heavy (non-hydrogen) atoms. The monoisotopic (exact) mass is 274 g/mol. The number of carbonyl (C=O) groups excluding carboxylic acids is 1. The fourth-order valence-electron chi connectivity index (χ4n) is 1.59. The zero-order valence-electron chi connectivity index (χ0n) is 10.5. The first-order valence-corrected chi connectivity index (χ1v) is 5.97. The minimum absolute atomic E-state index is 0.0702. The molecule has 0 saturated heterocycles. The molecular formula is C10H15ClN4O3. The lowest BCUT2D eigenvalue weighted by Gasteiger charge is -2.21. The highest BCUT2D eigenvalue weighted by Gasteiger charge is 2.27. The summed E-state index contributed by atoms with van der Waals surface area (Å²) in [7, 11) is 0. The maximum atomic E-state index is 12.0. The number of halogens is 1. The van der Waals surface area contributed by atoms with Crippen LogP contribution in [0, 0.1) is 10.1 Å². The van der Waals surface area contributed by atoms with Crippen molar-refractivity contribution in [3.63, 3.8) is 0 Å². The Hall–Kier alpha value is -1.63. The number of carbonyl (C=O) groups is 1. The standard InChI is InChI=1S/C10H15ClN4O3/c1-4-13(5-2)10(16)7(3)14-6-8(11)9(12-14)15(17)18/h6-7H,4-5H2,1-3H3. The van der Waals surface area contributed by atoms with E-state index in [9.17, 15) is 14.9 Å². The summed E-state index contributed by atoms with van der Waals surface area (Å²) in [6.45, 7) is 6.53. The predicted molar refractivity (Wildman–Crippen MR) is 66.5 cm³/mol. The molecule has 1 amide bonds. The minimum atomic E-state index is -0.673. The fraction of sp³-hybridized carbons (Fsp3) is 0.600. The van der Waals surface area contributed by atoms with Crippen molar-refractivity contribution in [2.75, 3.05) is 13.1 Å². The Labute approximate surface area is 109 Å². The van der Waals surface area contributed by atoms with Gasteiger partial charge in [-0.2, -0.15) is 4.68 Å². The van der Waals surface area contributed by atoms with Gasteiger partial charge in [-0.3, -0.25) is 4.79 Å². The van der Waals surface area contributed by atoms with Crippen LogP contribution in [0.2, 0.25) is 5.02 Å². The van der Waals surface area contributed by atoms with Gasteiger partial charge in [0.05, 0.1) is 11.3 Å². The van der Waals surface area contributed by atoms with Crippen molar-refractivity contribution in [3.05, 3.63) is 21.3 Å². The third kappa shape index (κ3) is 2.79. The van der Waals surface area contributed by atoms with E-state index in [0.29, 0.717) is 13.1 Å². The Morgan fingerprint density at radius 3 is 2.56 bits per heavy atom. The van der Waals surface area contributed by atoms with Crippen LogP contribution in [0.25, 0.3) is 0 Å². The second-order valence-electron chi connectivity index (χ2n) is 3.72. The summed E-state index contributed by atoms with van der Waals surface area (Å²) in [5.41, 5.74) is 0. The molecule has 8 heteroatoms. The molecule has 1 aromatic rings. The van der Waals surface area contributed by atoms with Crippen LogP contribution in [0.3, 0.4) is 0 Å². The van der Waals surface area contributed by atoms with Gasteiger partial charge < -0.3 is 15.0 Å². The van der Waals surface area contributed by atoms with Crippen LogP contribution >= 0.6 is 11.6 Å². The second kappa shape index (κ2) is 5.81. The van der Waals surface area contributed by atoms with E-state index < -0.39 is 16.8 Å². The quantitative estimate of drug-likeness (QED) is 0.606. The van der Waals surface area contributed by atoms with E-state index in [1.165, 1.54) is 10.9 Å². The van der Waals surface area contributed by atoms with Gasteiger partial charge >= 0.3 is 5.82 Å². The van der Waals surface area contributed by atoms with E-state index in [4.69, 9.17) is 11.6 Å². The molecule has 7 nitrogen and oxygen atoms in total. The highest BCUT2D eigenvalue weighted by Crippen LogP contribution is 2.24. The minimum Gasteiger partial charge on any atom is -0.358 e. The average Bonchev–Trinajstić information content (AvgIpc) is 2.71. The molecular weight excluding hydrogens is 260 g/mol. The van der Waals surface area contributed by atoms with Gasteiger partial charge in [0.1, 0.15) is 6.04 Å². The maximum absolute atomic E-state index is 12.0. The number of nitro groups is 1. The molecule has 0 aromatic carbocycles. The van der Waals surface area contributed by atoms with Crippen LogP contribution in [0.15, 0.2) is 6.20 Å². The van der Waals surface area contributed by atoms with Crippen LogP contribution in [0.4, 0.5) is 5.82 Å². The smallest absolute Gasteiger partial charge is 0.358 e. The summed E-state index contributed by atoms with van der Waals surface area (Å²) in [6.07, 6.45) is 1.30. The molecule has 1 atom stereocenters. The highest BCUT2D eigenvalue weighted by molar-refractivity contribution is 6.32. The Bertz CT molecular complexity index is 456. The summed E-state index contributed by atoms with van der Waals surface area (Å²) < 4.78 is 1.22. The van der Waals surface area contributed by atoms with Gasteiger partial charge in [0, 0.05) is 13.1 Å². The first kappa shape index (κ1) is 14.4. The number of likely N-dealkylation sites (N-methyl/N-ethyl adjacent to an activating group) is 1. The molecule has 100 valence electrons. The Morgan fingerprint density at radius 1 is 1.61 bits per heavy atom. The zero-order chi connectivity index (χ0) is 13.9. The molecule has 0 aliphatic rings. The van der Waals surface area contributed by atoms with E-state index >= 15 is 0 Å². The van der Waals surface area contributed by atoms with Crippen molar-refractivity contribution in [2.24, 2.45) is 0 Å². The van der Waals surface area contributed by atoms with Crippen molar-refractivity contribution < 1.29 is 9.72 Å². The van der Waals surface area contributed by atoms with Gasteiger partial charge in [0.2, 0.25) is 5.91 Å². The number of nitrogens with zero attached hydrogens (tertiary/aromatic N) is 4. The van der Waals surface area contributed by atoms with Gasteiger partial charge in [-0.05, 0) is 25.7 Å². The van der Waals surface area contributed by atoms with Gasteiger partial charge in [-0.1, -0.05) is 11.6 Å². The number of hydrogen-bond acceptors (Lipinski definition) is 4. The fourth-order valence-corrected chi connectivity index (χ4v) is 1.80. The van der Waals surface area contributed by atoms with E-state index in [-0.39, 0.29) is 10.9 Å². The molecule has 1 unspecified atom stereocenters. The molecule has 0 saturated carbocycles. The largest absolute Gasteiger partial charge is 0.408 e. The molecule has 1 rings (SSSR count). The van der Waals surface area contributed by atoms with Crippen LogP contribution < -0.4 is 0 Å². The van der Waals surface area contributed by atoms with Crippen LogP contribution in [-0.2, 0) is 4.79 Å². The molecule has 1 heterocycles. The molecule has 1 aromatic heterocycles. The summed E-state index contributed by atoms with van der Waals surface area (Å²) in [5.74, 6) is -0.579. The average molecular weight is 275 g/mol. The number of aromatic nitrogens is 2. The predicted octanol–water partition coefficient (Wildman–Crippen LogP) is 1.87. The van der Waals surface area contributed by atoms with Crippen molar-refractivity contribution in [2.45, 2.75) is 26.8 Å². The van der Waals surface area contributed by atoms with E-state index in [1.807, 2.05) is 13.8 Å². The molecule has 0 N–H and O–H groups in total. The molecule has 0 radical (unpaired) electrons. The van der Waals surface area contributed by atoms with Gasteiger partial charge in [-0.15, -0.1) is 0 Å². The van der Waals surface area contributed by atoms with Gasteiger partial charge in [0.25, 0.3) is 0 Å². The third-order valence-electron chi connectivity index (χ3n) is 2.67. The van der Waals surface area contributed by atoms with E-state index in [0.717, 1.165) is 0 Å². The first-order valence-electron chi connectivity index (χ1n) is 5.60. The molecule has 0 spiro atoms. The molecule has 0 fully saturated rings. The lowest BCUT2D eigenvalue weighted by atomic mass is 10.3. The van der Waals surface area contributed by atoms with Crippen LogP contribution in [0.1, 0.15) is 26.8 Å². The normalized spacial score (nSPS) is 12.2. The topological polar surface area (TPSA) is 81.3 Å². The molecule has 0 aliphatic carbocycles. The summed E-state index contributed by atoms with van der Waals surface area (Å²) in [5, 5.41) is 14.3. The van der Waals surface area contributed by atoms with Crippen LogP contribution in [-0.4, -0.2) is 38.6 Å². The zero-order valence-corrected chi connectivity index (χ0v) is 11.2. The first-order chi connectivity index (χ1) is 8.42. The van der Waals surface area contributed by atoms with Crippen molar-refractivity contribution in [1.29, 1.82) is 0 Å². The molecule has 0 aliphatic heterocycles. The van der Waals surface area contributed by atoms with Crippen molar-refractivity contribution >= 4 is 23.3 Å². The summed E-state index contributed by atoms with van der Waals surface area (Å²) >= 11 is 5.69. The third-order valence-corrected chi connectivity index (χ3v) is 2.94.